The fourth-order valence-corrected chi connectivity index (χ4v) is 4.54. The average Bonchev–Trinajstić information content (AvgIpc) is 3.05. The molecule has 1 heterocycles. The van der Waals surface area contributed by atoms with Crippen molar-refractivity contribution in [2.75, 3.05) is 6.26 Å². The standard InChI is InChI=1S/C22H24N2O3S/c1-14(15-7-10-17(11-8-15)28(2,26)27)23-22(25)16-9-12-21-19(13-16)18-5-3-4-6-20(18)24-21/h7-14,24H,3-6H2,1-2H3,(H,23,25)/t14-/m1/s1. The minimum absolute atomic E-state index is 0.132. The molecule has 1 aromatic heterocycles. The molecule has 0 fully saturated rings. The third-order valence-corrected chi connectivity index (χ3v) is 6.64. The van der Waals surface area contributed by atoms with Gasteiger partial charge in [0, 0.05) is 28.4 Å². The van der Waals surface area contributed by atoms with Gasteiger partial charge >= 0.3 is 0 Å². The molecule has 2 N–H and O–H groups in total. The zero-order valence-corrected chi connectivity index (χ0v) is 16.9. The van der Waals surface area contributed by atoms with Crippen molar-refractivity contribution < 1.29 is 13.2 Å². The summed E-state index contributed by atoms with van der Waals surface area (Å²) < 4.78 is 23.2. The maximum absolute atomic E-state index is 12.8. The van der Waals surface area contributed by atoms with Crippen molar-refractivity contribution >= 4 is 26.6 Å². The summed E-state index contributed by atoms with van der Waals surface area (Å²) in [6.45, 7) is 1.89. The highest BCUT2D eigenvalue weighted by Crippen LogP contribution is 2.30. The molecule has 6 heteroatoms. The Morgan fingerprint density at radius 1 is 1.07 bits per heavy atom. The summed E-state index contributed by atoms with van der Waals surface area (Å²) in [5, 5.41) is 4.15. The van der Waals surface area contributed by atoms with E-state index < -0.39 is 9.84 Å². The first kappa shape index (κ1) is 18.7. The molecular weight excluding hydrogens is 372 g/mol. The summed E-state index contributed by atoms with van der Waals surface area (Å²) in [6, 6.07) is 12.2. The van der Waals surface area contributed by atoms with Gasteiger partial charge in [0.1, 0.15) is 0 Å². The second-order valence-electron chi connectivity index (χ2n) is 7.59. The van der Waals surface area contributed by atoms with Crippen molar-refractivity contribution in [3.63, 3.8) is 0 Å². The molecule has 0 saturated heterocycles. The van der Waals surface area contributed by atoms with Gasteiger partial charge in [0.2, 0.25) is 0 Å². The summed E-state index contributed by atoms with van der Waals surface area (Å²) in [5.74, 6) is -0.132. The second kappa shape index (κ2) is 7.09. The van der Waals surface area contributed by atoms with Gasteiger partial charge in [-0.1, -0.05) is 12.1 Å². The predicted octanol–water partition coefficient (Wildman–Crippen LogP) is 3.94. The Bertz CT molecular complexity index is 1140. The summed E-state index contributed by atoms with van der Waals surface area (Å²) in [5.41, 5.74) is 5.24. The number of benzene rings is 2. The van der Waals surface area contributed by atoms with Gasteiger partial charge in [-0.2, -0.15) is 0 Å². The highest BCUT2D eigenvalue weighted by atomic mass is 32.2. The van der Waals surface area contributed by atoms with E-state index in [1.165, 1.54) is 30.4 Å². The Labute approximate surface area is 165 Å². The first-order valence-corrected chi connectivity index (χ1v) is 11.5. The number of carbonyl (C=O) groups excluding carboxylic acids is 1. The summed E-state index contributed by atoms with van der Waals surface area (Å²) in [7, 11) is -3.22. The third kappa shape index (κ3) is 3.56. The van der Waals surface area contributed by atoms with E-state index in [-0.39, 0.29) is 16.8 Å². The summed E-state index contributed by atoms with van der Waals surface area (Å²) >= 11 is 0. The summed E-state index contributed by atoms with van der Waals surface area (Å²) in [6.07, 6.45) is 5.72. The van der Waals surface area contributed by atoms with Crippen LogP contribution in [-0.2, 0) is 22.7 Å². The Morgan fingerprint density at radius 3 is 2.50 bits per heavy atom. The number of nitrogens with one attached hydrogen (secondary N) is 2. The van der Waals surface area contributed by atoms with Crippen LogP contribution in [0.4, 0.5) is 0 Å². The Morgan fingerprint density at radius 2 is 1.79 bits per heavy atom. The molecule has 1 atom stereocenters. The number of H-pyrrole nitrogens is 1. The summed E-state index contributed by atoms with van der Waals surface area (Å²) in [4.78, 5) is 16.5. The highest BCUT2D eigenvalue weighted by molar-refractivity contribution is 7.90. The van der Waals surface area contributed by atoms with Crippen LogP contribution in [0.5, 0.6) is 0 Å². The van der Waals surface area contributed by atoms with Crippen molar-refractivity contribution in [2.24, 2.45) is 0 Å². The molecule has 5 nitrogen and oxygen atoms in total. The molecule has 1 aliphatic carbocycles. The van der Waals surface area contributed by atoms with Crippen molar-refractivity contribution in [2.45, 2.75) is 43.5 Å². The largest absolute Gasteiger partial charge is 0.358 e. The molecule has 2 aromatic carbocycles. The quantitative estimate of drug-likeness (QED) is 0.701. The van der Waals surface area contributed by atoms with Crippen LogP contribution < -0.4 is 5.32 Å². The van der Waals surface area contributed by atoms with Crippen molar-refractivity contribution in [1.82, 2.24) is 10.3 Å². The fraction of sp³-hybridized carbons (Fsp3) is 0.318. The molecule has 0 aliphatic heterocycles. The number of aryl methyl sites for hydroxylation is 2. The lowest BCUT2D eigenvalue weighted by molar-refractivity contribution is 0.0940. The van der Waals surface area contributed by atoms with Crippen molar-refractivity contribution in [1.29, 1.82) is 0 Å². The topological polar surface area (TPSA) is 79.0 Å². The van der Waals surface area contributed by atoms with Gasteiger partial charge < -0.3 is 10.3 Å². The Kier molecular flexibility index (Phi) is 4.75. The maximum atomic E-state index is 12.8. The van der Waals surface area contributed by atoms with Gasteiger partial charge in [-0.3, -0.25) is 4.79 Å². The Hall–Kier alpha value is -2.60. The van der Waals surface area contributed by atoms with E-state index in [4.69, 9.17) is 0 Å². The first-order chi connectivity index (χ1) is 13.3. The predicted molar refractivity (Wildman–Crippen MR) is 110 cm³/mol. The molecular formula is C22H24N2O3S. The van der Waals surface area contributed by atoms with Crippen molar-refractivity contribution in [3.05, 3.63) is 64.8 Å². The number of hydrogen-bond acceptors (Lipinski definition) is 3. The van der Waals surface area contributed by atoms with Crippen LogP contribution in [0.2, 0.25) is 0 Å². The van der Waals surface area contributed by atoms with Gasteiger partial charge in [-0.05, 0) is 74.1 Å². The second-order valence-corrected chi connectivity index (χ2v) is 9.60. The number of sulfone groups is 1. The lowest BCUT2D eigenvalue weighted by Gasteiger charge is -2.15. The van der Waals surface area contributed by atoms with Gasteiger partial charge in [-0.25, -0.2) is 8.42 Å². The number of carbonyl (C=O) groups is 1. The zero-order valence-electron chi connectivity index (χ0n) is 16.1. The van der Waals surface area contributed by atoms with Crippen molar-refractivity contribution in [3.8, 4) is 0 Å². The molecule has 28 heavy (non-hydrogen) atoms. The molecule has 146 valence electrons. The maximum Gasteiger partial charge on any atom is 0.251 e. The van der Waals surface area contributed by atoms with Gasteiger partial charge in [-0.15, -0.1) is 0 Å². The minimum Gasteiger partial charge on any atom is -0.358 e. The lowest BCUT2D eigenvalue weighted by atomic mass is 9.95. The molecule has 0 spiro atoms. The fourth-order valence-electron chi connectivity index (χ4n) is 3.91. The van der Waals surface area contributed by atoms with Crippen LogP contribution >= 0.6 is 0 Å². The van der Waals surface area contributed by atoms with E-state index in [2.05, 4.69) is 10.3 Å². The number of fused-ring (bicyclic) bond motifs is 3. The highest BCUT2D eigenvalue weighted by Gasteiger charge is 2.18. The van der Waals surface area contributed by atoms with Gasteiger partial charge in [0.25, 0.3) is 5.91 Å². The van der Waals surface area contributed by atoms with Crippen LogP contribution in [-0.4, -0.2) is 25.6 Å². The molecule has 0 bridgehead atoms. The monoisotopic (exact) mass is 396 g/mol. The number of rotatable bonds is 4. The smallest absolute Gasteiger partial charge is 0.251 e. The minimum atomic E-state index is -3.22. The molecule has 4 rings (SSSR count). The van der Waals surface area contributed by atoms with Crippen LogP contribution in [0.1, 0.15) is 53.0 Å². The molecule has 0 unspecified atom stereocenters. The average molecular weight is 397 g/mol. The number of hydrogen-bond donors (Lipinski definition) is 2. The van der Waals surface area contributed by atoms with E-state index in [1.54, 1.807) is 24.3 Å². The Balaban J connectivity index is 1.54. The zero-order chi connectivity index (χ0) is 19.9. The number of aromatic amines is 1. The normalized spacial score (nSPS) is 15.2. The van der Waals surface area contributed by atoms with E-state index in [0.29, 0.717) is 5.56 Å². The van der Waals surface area contributed by atoms with E-state index >= 15 is 0 Å². The molecule has 1 amide bonds. The van der Waals surface area contributed by atoms with Crippen LogP contribution in [0.25, 0.3) is 10.9 Å². The molecule has 3 aromatic rings. The van der Waals surface area contributed by atoms with E-state index in [0.717, 1.165) is 29.3 Å². The molecule has 0 saturated carbocycles. The van der Waals surface area contributed by atoms with Crippen LogP contribution in [0.15, 0.2) is 47.4 Å². The molecule has 1 aliphatic rings. The third-order valence-electron chi connectivity index (χ3n) is 5.52. The first-order valence-electron chi connectivity index (χ1n) is 9.57. The van der Waals surface area contributed by atoms with Gasteiger partial charge in [0.15, 0.2) is 9.84 Å². The lowest BCUT2D eigenvalue weighted by Crippen LogP contribution is -2.26. The molecule has 0 radical (unpaired) electrons. The van der Waals surface area contributed by atoms with E-state index in [1.807, 2.05) is 25.1 Å². The number of aromatic nitrogens is 1. The SMILES string of the molecule is C[C@@H](NC(=O)c1ccc2[nH]c3c(c2c1)CCCC3)c1ccc(S(C)(=O)=O)cc1. The van der Waals surface area contributed by atoms with Crippen LogP contribution in [0.3, 0.4) is 0 Å². The van der Waals surface area contributed by atoms with Gasteiger partial charge in [0.05, 0.1) is 10.9 Å². The van der Waals surface area contributed by atoms with E-state index in [9.17, 15) is 13.2 Å². The van der Waals surface area contributed by atoms with Crippen LogP contribution in [0, 0.1) is 0 Å². The number of amides is 1.